The molecule has 2 aromatic rings. The average Bonchev–Trinajstić information content (AvgIpc) is 3.07. The normalized spacial score (nSPS) is 13.5. The zero-order chi connectivity index (χ0) is 17.6. The lowest BCUT2D eigenvalue weighted by Crippen LogP contribution is -2.43. The number of aliphatic hydroxyl groups is 1. The number of urea groups is 1. The van der Waals surface area contributed by atoms with Gasteiger partial charge in [-0.15, -0.1) is 0 Å². The van der Waals surface area contributed by atoms with Crippen LogP contribution in [0.15, 0.2) is 41.1 Å². The first kappa shape index (κ1) is 18.4. The summed E-state index contributed by atoms with van der Waals surface area (Å²) >= 11 is 1.52. The Morgan fingerprint density at radius 3 is 2.42 bits per heavy atom. The molecule has 0 spiro atoms. The molecular weight excluding hydrogens is 322 g/mol. The number of hydrogen-bond acceptors (Lipinski definition) is 4. The number of nitrogens with one attached hydrogen (secondary N) is 2. The predicted octanol–water partition coefficient (Wildman–Crippen LogP) is 2.52. The molecule has 6 heteroatoms. The number of rotatable bonds is 7. The number of nitrogens with zero attached hydrogens (tertiary/aromatic N) is 1. The largest absolute Gasteiger partial charge is 0.384 e. The number of thiophene rings is 1. The van der Waals surface area contributed by atoms with E-state index in [4.69, 9.17) is 0 Å². The summed E-state index contributed by atoms with van der Waals surface area (Å²) in [5.74, 6) is 0. The second-order valence-electron chi connectivity index (χ2n) is 6.38. The maximum atomic E-state index is 11.9. The van der Waals surface area contributed by atoms with Gasteiger partial charge in [-0.1, -0.05) is 24.3 Å². The Hall–Kier alpha value is -1.89. The van der Waals surface area contributed by atoms with E-state index < -0.39 is 5.60 Å². The summed E-state index contributed by atoms with van der Waals surface area (Å²) in [4.78, 5) is 14.0. The molecule has 5 nitrogen and oxygen atoms in total. The van der Waals surface area contributed by atoms with Gasteiger partial charge in [0.2, 0.25) is 0 Å². The third-order valence-corrected chi connectivity index (χ3v) is 4.39. The number of amides is 2. The molecule has 1 heterocycles. The van der Waals surface area contributed by atoms with Gasteiger partial charge in [-0.25, -0.2) is 4.79 Å². The van der Waals surface area contributed by atoms with E-state index in [0.29, 0.717) is 6.54 Å². The summed E-state index contributed by atoms with van der Waals surface area (Å²) in [5, 5.41) is 19.7. The Balaban J connectivity index is 1.77. The van der Waals surface area contributed by atoms with Gasteiger partial charge in [0.25, 0.3) is 0 Å². The van der Waals surface area contributed by atoms with Crippen molar-refractivity contribution in [2.75, 3.05) is 20.6 Å². The molecule has 1 atom stereocenters. The minimum Gasteiger partial charge on any atom is -0.384 e. The summed E-state index contributed by atoms with van der Waals surface area (Å²) in [7, 11) is 4.07. The number of benzene rings is 1. The molecule has 24 heavy (non-hydrogen) atoms. The van der Waals surface area contributed by atoms with Crippen LogP contribution in [-0.2, 0) is 18.7 Å². The summed E-state index contributed by atoms with van der Waals surface area (Å²) < 4.78 is 0. The van der Waals surface area contributed by atoms with Crippen molar-refractivity contribution in [1.82, 2.24) is 15.5 Å². The summed E-state index contributed by atoms with van der Waals surface area (Å²) in [6.07, 6.45) is 0. The molecule has 2 rings (SSSR count). The molecule has 0 radical (unpaired) electrons. The van der Waals surface area contributed by atoms with Crippen LogP contribution in [0.1, 0.15) is 23.6 Å². The molecule has 0 saturated carbocycles. The lowest BCUT2D eigenvalue weighted by atomic mass is 9.99. The third-order valence-electron chi connectivity index (χ3n) is 3.71. The van der Waals surface area contributed by atoms with Crippen molar-refractivity contribution < 1.29 is 9.90 Å². The van der Waals surface area contributed by atoms with Crippen molar-refractivity contribution in [3.63, 3.8) is 0 Å². The number of hydrogen-bond donors (Lipinski definition) is 3. The molecule has 3 N–H and O–H groups in total. The van der Waals surface area contributed by atoms with Crippen LogP contribution in [0.3, 0.4) is 0 Å². The van der Waals surface area contributed by atoms with E-state index in [1.807, 2.05) is 43.1 Å². The summed E-state index contributed by atoms with van der Waals surface area (Å²) in [6, 6.07) is 9.73. The van der Waals surface area contributed by atoms with Gasteiger partial charge in [-0.2, -0.15) is 11.3 Å². The SMILES string of the molecule is CN(C)Cc1ccc(CNC(=O)NCC(C)(O)c2ccsc2)cc1. The molecule has 130 valence electrons. The summed E-state index contributed by atoms with van der Waals surface area (Å²) in [6.45, 7) is 3.21. The van der Waals surface area contributed by atoms with Gasteiger partial charge < -0.3 is 20.6 Å². The van der Waals surface area contributed by atoms with Crippen molar-refractivity contribution in [3.05, 3.63) is 57.8 Å². The van der Waals surface area contributed by atoms with E-state index in [9.17, 15) is 9.90 Å². The van der Waals surface area contributed by atoms with Gasteiger partial charge in [0.15, 0.2) is 0 Å². The standard InChI is InChI=1S/C18H25N3O2S/c1-18(23,16-8-9-24-12-16)13-20-17(22)19-10-14-4-6-15(7-5-14)11-21(2)3/h4-9,12,23H,10-11,13H2,1-3H3,(H2,19,20,22). The molecule has 0 bridgehead atoms. The molecule has 0 aliphatic carbocycles. The van der Waals surface area contributed by atoms with Crippen LogP contribution >= 0.6 is 11.3 Å². The Morgan fingerprint density at radius 1 is 1.17 bits per heavy atom. The van der Waals surface area contributed by atoms with Crippen LogP contribution < -0.4 is 10.6 Å². The van der Waals surface area contributed by atoms with Crippen LogP contribution in [0, 0.1) is 0 Å². The monoisotopic (exact) mass is 347 g/mol. The third kappa shape index (κ3) is 5.63. The lowest BCUT2D eigenvalue weighted by Gasteiger charge is -2.22. The first-order valence-electron chi connectivity index (χ1n) is 7.86. The van der Waals surface area contributed by atoms with Crippen LogP contribution in [0.25, 0.3) is 0 Å². The van der Waals surface area contributed by atoms with Gasteiger partial charge in [0, 0.05) is 13.1 Å². The Kier molecular flexibility index (Phi) is 6.36. The minimum atomic E-state index is -1.06. The van der Waals surface area contributed by atoms with Gasteiger partial charge >= 0.3 is 6.03 Å². The van der Waals surface area contributed by atoms with Crippen LogP contribution in [0.2, 0.25) is 0 Å². The Labute approximate surface area is 147 Å². The van der Waals surface area contributed by atoms with Crippen molar-refractivity contribution in [1.29, 1.82) is 0 Å². The van der Waals surface area contributed by atoms with E-state index in [1.165, 1.54) is 16.9 Å². The van der Waals surface area contributed by atoms with E-state index in [0.717, 1.165) is 17.7 Å². The van der Waals surface area contributed by atoms with Crippen molar-refractivity contribution in [2.45, 2.75) is 25.6 Å². The van der Waals surface area contributed by atoms with E-state index in [1.54, 1.807) is 6.92 Å². The molecule has 1 aromatic carbocycles. The lowest BCUT2D eigenvalue weighted by molar-refractivity contribution is 0.0598. The Bertz CT molecular complexity index is 637. The molecule has 0 aliphatic rings. The Morgan fingerprint density at radius 2 is 1.83 bits per heavy atom. The van der Waals surface area contributed by atoms with Crippen LogP contribution in [0.5, 0.6) is 0 Å². The van der Waals surface area contributed by atoms with Gasteiger partial charge in [-0.05, 0) is 54.5 Å². The van der Waals surface area contributed by atoms with Crippen LogP contribution in [-0.4, -0.2) is 36.7 Å². The zero-order valence-corrected chi connectivity index (χ0v) is 15.2. The summed E-state index contributed by atoms with van der Waals surface area (Å²) in [5.41, 5.74) is 2.02. The highest BCUT2D eigenvalue weighted by atomic mass is 32.1. The highest BCUT2D eigenvalue weighted by Gasteiger charge is 2.24. The molecular formula is C18H25N3O2S. The first-order chi connectivity index (χ1) is 11.4. The van der Waals surface area contributed by atoms with Crippen LogP contribution in [0.4, 0.5) is 4.79 Å². The smallest absolute Gasteiger partial charge is 0.315 e. The molecule has 1 aromatic heterocycles. The van der Waals surface area contributed by atoms with Gasteiger partial charge in [0.1, 0.15) is 5.60 Å². The fourth-order valence-corrected chi connectivity index (χ4v) is 3.08. The maximum Gasteiger partial charge on any atom is 0.315 e. The number of carbonyl (C=O) groups excluding carboxylic acids is 1. The molecule has 1 unspecified atom stereocenters. The fourth-order valence-electron chi connectivity index (χ4n) is 2.30. The topological polar surface area (TPSA) is 64.6 Å². The van der Waals surface area contributed by atoms with E-state index >= 15 is 0 Å². The average molecular weight is 347 g/mol. The van der Waals surface area contributed by atoms with Crippen molar-refractivity contribution in [2.24, 2.45) is 0 Å². The maximum absolute atomic E-state index is 11.9. The minimum absolute atomic E-state index is 0.164. The molecule has 2 amide bonds. The van der Waals surface area contributed by atoms with Crippen molar-refractivity contribution in [3.8, 4) is 0 Å². The molecule has 0 saturated heterocycles. The fraction of sp³-hybridized carbons (Fsp3) is 0.389. The zero-order valence-electron chi connectivity index (χ0n) is 14.4. The molecule has 0 fully saturated rings. The second-order valence-corrected chi connectivity index (χ2v) is 7.16. The molecule has 0 aliphatic heterocycles. The number of carbonyl (C=O) groups is 1. The highest BCUT2D eigenvalue weighted by molar-refractivity contribution is 7.08. The first-order valence-corrected chi connectivity index (χ1v) is 8.80. The van der Waals surface area contributed by atoms with E-state index in [-0.39, 0.29) is 12.6 Å². The highest BCUT2D eigenvalue weighted by Crippen LogP contribution is 2.21. The quantitative estimate of drug-likeness (QED) is 0.721. The predicted molar refractivity (Wildman–Crippen MR) is 98.0 cm³/mol. The van der Waals surface area contributed by atoms with Gasteiger partial charge in [0.05, 0.1) is 6.54 Å². The van der Waals surface area contributed by atoms with E-state index in [2.05, 4.69) is 27.7 Å². The van der Waals surface area contributed by atoms with Crippen molar-refractivity contribution >= 4 is 17.4 Å². The van der Waals surface area contributed by atoms with Gasteiger partial charge in [-0.3, -0.25) is 0 Å². The second kappa shape index (κ2) is 8.28.